The van der Waals surface area contributed by atoms with E-state index in [-0.39, 0.29) is 0 Å². The predicted octanol–water partition coefficient (Wildman–Crippen LogP) is 6.98. The van der Waals surface area contributed by atoms with E-state index in [9.17, 15) is 5.26 Å². The lowest BCUT2D eigenvalue weighted by Gasteiger charge is -2.10. The number of nitriles is 1. The summed E-state index contributed by atoms with van der Waals surface area (Å²) in [6, 6.07) is 13.0. The van der Waals surface area contributed by atoms with Crippen molar-refractivity contribution in [3.05, 3.63) is 62.4 Å². The van der Waals surface area contributed by atoms with Gasteiger partial charge in [-0.05, 0) is 50.3 Å². The van der Waals surface area contributed by atoms with E-state index in [1.54, 1.807) is 18.2 Å². The number of allylic oxidation sites excluding steroid dienone is 1. The molecule has 29 heavy (non-hydrogen) atoms. The van der Waals surface area contributed by atoms with Gasteiger partial charge < -0.3 is 9.47 Å². The first-order valence-corrected chi connectivity index (χ1v) is 10.6. The molecule has 0 aliphatic heterocycles. The molecule has 3 rings (SSSR count). The summed E-state index contributed by atoms with van der Waals surface area (Å²) >= 11 is 13.6. The summed E-state index contributed by atoms with van der Waals surface area (Å²) in [6.07, 6.45) is 1.77. The second-order valence-corrected chi connectivity index (χ2v) is 7.60. The van der Waals surface area contributed by atoms with Crippen LogP contribution in [-0.2, 0) is 0 Å². The molecular formula is C22H18Cl2N2O2S. The molecule has 0 saturated carbocycles. The summed E-state index contributed by atoms with van der Waals surface area (Å²) < 4.78 is 11.3. The fourth-order valence-electron chi connectivity index (χ4n) is 2.69. The van der Waals surface area contributed by atoms with Gasteiger partial charge >= 0.3 is 0 Å². The van der Waals surface area contributed by atoms with Gasteiger partial charge in [-0.1, -0.05) is 23.2 Å². The molecule has 0 fully saturated rings. The third kappa shape index (κ3) is 5.10. The SMILES string of the molecule is CCOc1ccc(/C=C(/C#N)c2nc(-c3ccc(Cl)cc3Cl)cs2)c(OCC)c1. The van der Waals surface area contributed by atoms with Crippen molar-refractivity contribution in [2.75, 3.05) is 13.2 Å². The number of aromatic nitrogens is 1. The van der Waals surface area contributed by atoms with E-state index in [1.165, 1.54) is 11.3 Å². The molecule has 2 aromatic carbocycles. The zero-order valence-electron chi connectivity index (χ0n) is 15.9. The van der Waals surface area contributed by atoms with Crippen LogP contribution in [0.2, 0.25) is 10.0 Å². The van der Waals surface area contributed by atoms with E-state index in [1.807, 2.05) is 43.5 Å². The third-order valence-corrected chi connectivity index (χ3v) is 5.38. The van der Waals surface area contributed by atoms with Crippen molar-refractivity contribution in [3.63, 3.8) is 0 Å². The van der Waals surface area contributed by atoms with Gasteiger partial charge in [0.15, 0.2) is 0 Å². The number of hydrogen-bond acceptors (Lipinski definition) is 5. The Bertz CT molecular complexity index is 1090. The first-order chi connectivity index (χ1) is 14.0. The lowest BCUT2D eigenvalue weighted by molar-refractivity contribution is 0.322. The van der Waals surface area contributed by atoms with Crippen LogP contribution in [-0.4, -0.2) is 18.2 Å². The fraction of sp³-hybridized carbons (Fsp3) is 0.182. The fourth-order valence-corrected chi connectivity index (χ4v) is 3.98. The second-order valence-electron chi connectivity index (χ2n) is 5.90. The molecular weight excluding hydrogens is 427 g/mol. The smallest absolute Gasteiger partial charge is 0.134 e. The van der Waals surface area contributed by atoms with Crippen molar-refractivity contribution in [2.24, 2.45) is 0 Å². The Morgan fingerprint density at radius 3 is 2.62 bits per heavy atom. The highest BCUT2D eigenvalue weighted by atomic mass is 35.5. The monoisotopic (exact) mass is 444 g/mol. The van der Waals surface area contributed by atoms with Crippen LogP contribution >= 0.6 is 34.5 Å². The van der Waals surface area contributed by atoms with Crippen LogP contribution in [0.1, 0.15) is 24.4 Å². The quantitative estimate of drug-likeness (QED) is 0.368. The van der Waals surface area contributed by atoms with Crippen LogP contribution in [0.3, 0.4) is 0 Å². The predicted molar refractivity (Wildman–Crippen MR) is 120 cm³/mol. The van der Waals surface area contributed by atoms with Crippen LogP contribution in [0.15, 0.2) is 41.8 Å². The third-order valence-electron chi connectivity index (χ3n) is 3.96. The Labute approximate surface area is 183 Å². The zero-order valence-corrected chi connectivity index (χ0v) is 18.2. The first-order valence-electron chi connectivity index (χ1n) is 8.98. The molecule has 1 heterocycles. The van der Waals surface area contributed by atoms with Crippen LogP contribution in [0.5, 0.6) is 11.5 Å². The number of benzene rings is 2. The molecule has 0 amide bonds. The van der Waals surface area contributed by atoms with Gasteiger partial charge in [0.25, 0.3) is 0 Å². The van der Waals surface area contributed by atoms with E-state index in [0.29, 0.717) is 45.3 Å². The molecule has 7 heteroatoms. The lowest BCUT2D eigenvalue weighted by atomic mass is 10.1. The van der Waals surface area contributed by atoms with E-state index in [2.05, 4.69) is 11.1 Å². The van der Waals surface area contributed by atoms with Gasteiger partial charge in [0.05, 0.1) is 29.5 Å². The number of hydrogen-bond donors (Lipinski definition) is 0. The molecule has 0 N–H and O–H groups in total. The molecule has 0 unspecified atom stereocenters. The van der Waals surface area contributed by atoms with Crippen LogP contribution in [0.25, 0.3) is 22.9 Å². The molecule has 4 nitrogen and oxygen atoms in total. The number of ether oxygens (including phenoxy) is 2. The van der Waals surface area contributed by atoms with E-state index < -0.39 is 0 Å². The molecule has 0 atom stereocenters. The molecule has 3 aromatic rings. The van der Waals surface area contributed by atoms with Gasteiger partial charge in [-0.2, -0.15) is 5.26 Å². The summed E-state index contributed by atoms with van der Waals surface area (Å²) in [4.78, 5) is 4.60. The Kier molecular flexibility index (Phi) is 7.16. The van der Waals surface area contributed by atoms with Crippen molar-refractivity contribution in [1.29, 1.82) is 5.26 Å². The van der Waals surface area contributed by atoms with Crippen molar-refractivity contribution >= 4 is 46.2 Å². The highest BCUT2D eigenvalue weighted by Gasteiger charge is 2.13. The Balaban J connectivity index is 1.97. The highest BCUT2D eigenvalue weighted by Crippen LogP contribution is 2.34. The topological polar surface area (TPSA) is 55.1 Å². The van der Waals surface area contributed by atoms with Gasteiger partial charge in [-0.15, -0.1) is 11.3 Å². The molecule has 0 radical (unpaired) electrons. The Morgan fingerprint density at radius 1 is 1.14 bits per heavy atom. The summed E-state index contributed by atoms with van der Waals surface area (Å²) in [5.41, 5.74) is 2.70. The summed E-state index contributed by atoms with van der Waals surface area (Å²) in [7, 11) is 0. The summed E-state index contributed by atoms with van der Waals surface area (Å²) in [5, 5.41) is 13.3. The van der Waals surface area contributed by atoms with Gasteiger partial charge in [-0.3, -0.25) is 0 Å². The first kappa shape index (κ1) is 21.2. The standard InChI is InChI=1S/C22H18Cl2N2O2S/c1-3-27-17-7-5-14(21(11-17)28-4-2)9-15(12-25)22-26-20(13-29-22)18-8-6-16(23)10-19(18)24/h5-11,13H,3-4H2,1-2H3/b15-9-. The normalized spacial score (nSPS) is 11.2. The van der Waals surface area contributed by atoms with Crippen LogP contribution < -0.4 is 9.47 Å². The van der Waals surface area contributed by atoms with Gasteiger partial charge in [0.1, 0.15) is 22.6 Å². The molecule has 1 aromatic heterocycles. The minimum Gasteiger partial charge on any atom is -0.494 e. The molecule has 148 valence electrons. The van der Waals surface area contributed by atoms with E-state index in [4.69, 9.17) is 32.7 Å². The van der Waals surface area contributed by atoms with Crippen molar-refractivity contribution in [3.8, 4) is 28.8 Å². The second kappa shape index (κ2) is 9.80. The van der Waals surface area contributed by atoms with Gasteiger partial charge in [0, 0.05) is 27.6 Å². The largest absolute Gasteiger partial charge is 0.494 e. The van der Waals surface area contributed by atoms with Crippen molar-refractivity contribution in [2.45, 2.75) is 13.8 Å². The number of nitrogens with zero attached hydrogens (tertiary/aromatic N) is 2. The maximum Gasteiger partial charge on any atom is 0.134 e. The minimum atomic E-state index is 0.441. The van der Waals surface area contributed by atoms with E-state index >= 15 is 0 Å². The highest BCUT2D eigenvalue weighted by molar-refractivity contribution is 7.11. The summed E-state index contributed by atoms with van der Waals surface area (Å²) in [6.45, 7) is 4.91. The maximum atomic E-state index is 9.71. The molecule has 0 saturated heterocycles. The summed E-state index contributed by atoms with van der Waals surface area (Å²) in [5.74, 6) is 1.38. The number of rotatable bonds is 7. The average molecular weight is 445 g/mol. The van der Waals surface area contributed by atoms with Gasteiger partial charge in [0.2, 0.25) is 0 Å². The molecule has 0 aliphatic carbocycles. The molecule has 0 spiro atoms. The van der Waals surface area contributed by atoms with E-state index in [0.717, 1.165) is 16.9 Å². The van der Waals surface area contributed by atoms with Crippen LogP contribution in [0, 0.1) is 11.3 Å². The Morgan fingerprint density at radius 2 is 1.93 bits per heavy atom. The average Bonchev–Trinajstić information content (AvgIpc) is 3.17. The zero-order chi connectivity index (χ0) is 20.8. The number of thiazole rings is 1. The van der Waals surface area contributed by atoms with Crippen molar-refractivity contribution in [1.82, 2.24) is 4.98 Å². The Hall–Kier alpha value is -2.52. The van der Waals surface area contributed by atoms with Crippen molar-refractivity contribution < 1.29 is 9.47 Å². The minimum absolute atomic E-state index is 0.441. The lowest BCUT2D eigenvalue weighted by Crippen LogP contribution is -1.97. The number of halogens is 2. The molecule has 0 aliphatic rings. The molecule has 0 bridgehead atoms. The van der Waals surface area contributed by atoms with Crippen LogP contribution in [0.4, 0.5) is 0 Å². The maximum absolute atomic E-state index is 9.71. The van der Waals surface area contributed by atoms with Gasteiger partial charge in [-0.25, -0.2) is 4.98 Å².